The van der Waals surface area contributed by atoms with Gasteiger partial charge in [0.05, 0.1) is 13.2 Å². The molecule has 3 nitrogen and oxygen atoms in total. The van der Waals surface area contributed by atoms with Crippen LogP contribution in [0.2, 0.25) is 0 Å². The molecule has 2 aromatic carbocycles. The Morgan fingerprint density at radius 3 is 2.09 bits per heavy atom. The summed E-state index contributed by atoms with van der Waals surface area (Å²) in [7, 11) is 0. The lowest BCUT2D eigenvalue weighted by Gasteiger charge is -2.09. The van der Waals surface area contributed by atoms with Gasteiger partial charge in [-0.1, -0.05) is 31.9 Å². The van der Waals surface area contributed by atoms with E-state index in [0.717, 1.165) is 36.8 Å². The van der Waals surface area contributed by atoms with Crippen LogP contribution in [0.1, 0.15) is 38.7 Å². The first-order valence-electron chi connectivity index (χ1n) is 8.50. The number of rotatable bonds is 10. The molecular formula is C20H27NO2. The highest BCUT2D eigenvalue weighted by atomic mass is 16.5. The predicted molar refractivity (Wildman–Crippen MR) is 96.4 cm³/mol. The first-order valence-corrected chi connectivity index (χ1v) is 8.50. The van der Waals surface area contributed by atoms with Crippen molar-refractivity contribution in [3.05, 3.63) is 54.1 Å². The van der Waals surface area contributed by atoms with Crippen LogP contribution in [0.15, 0.2) is 48.5 Å². The standard InChI is InChI=1S/C20H27NO2/c1-3-5-6-15-23-20-11-7-17(8-12-20)16-21-18-9-13-19(14-10-18)22-4-2/h7-14,21H,3-6,15-16H2,1-2H3. The summed E-state index contributed by atoms with van der Waals surface area (Å²) < 4.78 is 11.2. The average Bonchev–Trinajstić information content (AvgIpc) is 2.59. The van der Waals surface area contributed by atoms with E-state index in [1.165, 1.54) is 18.4 Å². The van der Waals surface area contributed by atoms with Crippen molar-refractivity contribution in [2.45, 2.75) is 39.7 Å². The predicted octanol–water partition coefficient (Wildman–Crippen LogP) is 5.27. The zero-order valence-corrected chi connectivity index (χ0v) is 14.2. The summed E-state index contributed by atoms with van der Waals surface area (Å²) in [5, 5.41) is 3.41. The van der Waals surface area contributed by atoms with Crippen molar-refractivity contribution < 1.29 is 9.47 Å². The normalized spacial score (nSPS) is 10.3. The summed E-state index contributed by atoms with van der Waals surface area (Å²) in [5.74, 6) is 1.86. The van der Waals surface area contributed by atoms with E-state index in [0.29, 0.717) is 6.61 Å². The third kappa shape index (κ3) is 6.23. The third-order valence-electron chi connectivity index (χ3n) is 3.60. The fraction of sp³-hybridized carbons (Fsp3) is 0.400. The lowest BCUT2D eigenvalue weighted by Crippen LogP contribution is -2.00. The molecule has 0 saturated carbocycles. The minimum absolute atomic E-state index is 0.694. The zero-order valence-electron chi connectivity index (χ0n) is 14.2. The number of anilines is 1. The molecule has 0 aliphatic carbocycles. The summed E-state index contributed by atoms with van der Waals surface area (Å²) in [5.41, 5.74) is 2.33. The molecule has 0 saturated heterocycles. The highest BCUT2D eigenvalue weighted by Crippen LogP contribution is 2.17. The molecule has 23 heavy (non-hydrogen) atoms. The Kier molecular flexibility index (Phi) is 7.31. The van der Waals surface area contributed by atoms with Crippen molar-refractivity contribution in [1.29, 1.82) is 0 Å². The van der Waals surface area contributed by atoms with E-state index in [1.807, 2.05) is 43.3 Å². The number of ether oxygens (including phenoxy) is 2. The van der Waals surface area contributed by atoms with E-state index in [1.54, 1.807) is 0 Å². The van der Waals surface area contributed by atoms with Gasteiger partial charge in [0, 0.05) is 12.2 Å². The fourth-order valence-corrected chi connectivity index (χ4v) is 2.29. The van der Waals surface area contributed by atoms with Gasteiger partial charge in [-0.15, -0.1) is 0 Å². The lowest BCUT2D eigenvalue weighted by atomic mass is 10.2. The largest absolute Gasteiger partial charge is 0.494 e. The zero-order chi connectivity index (χ0) is 16.3. The van der Waals surface area contributed by atoms with Gasteiger partial charge in [0.15, 0.2) is 0 Å². The molecule has 0 aliphatic rings. The maximum atomic E-state index is 5.73. The van der Waals surface area contributed by atoms with Crippen LogP contribution in [0, 0.1) is 0 Å². The van der Waals surface area contributed by atoms with E-state index < -0.39 is 0 Å². The van der Waals surface area contributed by atoms with Gasteiger partial charge in [0.2, 0.25) is 0 Å². The number of benzene rings is 2. The third-order valence-corrected chi connectivity index (χ3v) is 3.60. The second kappa shape index (κ2) is 9.78. The van der Waals surface area contributed by atoms with Gasteiger partial charge < -0.3 is 14.8 Å². The van der Waals surface area contributed by atoms with Crippen LogP contribution in [0.25, 0.3) is 0 Å². The maximum Gasteiger partial charge on any atom is 0.119 e. The van der Waals surface area contributed by atoms with Gasteiger partial charge >= 0.3 is 0 Å². The topological polar surface area (TPSA) is 30.5 Å². The van der Waals surface area contributed by atoms with Gasteiger partial charge in [-0.2, -0.15) is 0 Å². The van der Waals surface area contributed by atoms with Crippen LogP contribution in [0.3, 0.4) is 0 Å². The van der Waals surface area contributed by atoms with E-state index in [-0.39, 0.29) is 0 Å². The molecular weight excluding hydrogens is 286 g/mol. The summed E-state index contributed by atoms with van der Waals surface area (Å²) in [6, 6.07) is 16.3. The molecule has 0 aliphatic heterocycles. The Labute approximate surface area is 139 Å². The van der Waals surface area contributed by atoms with Crippen molar-refractivity contribution >= 4 is 5.69 Å². The molecule has 0 fully saturated rings. The van der Waals surface area contributed by atoms with E-state index in [2.05, 4.69) is 24.4 Å². The van der Waals surface area contributed by atoms with Crippen molar-refractivity contribution in [1.82, 2.24) is 0 Å². The van der Waals surface area contributed by atoms with Gasteiger partial charge in [-0.3, -0.25) is 0 Å². The highest BCUT2D eigenvalue weighted by Gasteiger charge is 1.98. The van der Waals surface area contributed by atoms with Gasteiger partial charge in [-0.05, 0) is 55.3 Å². The summed E-state index contributed by atoms with van der Waals surface area (Å²) in [6.07, 6.45) is 3.57. The molecule has 0 atom stereocenters. The van der Waals surface area contributed by atoms with Crippen LogP contribution in [0.4, 0.5) is 5.69 Å². The Hall–Kier alpha value is -2.16. The van der Waals surface area contributed by atoms with Crippen LogP contribution in [-0.2, 0) is 6.54 Å². The minimum atomic E-state index is 0.694. The monoisotopic (exact) mass is 313 g/mol. The van der Waals surface area contributed by atoms with E-state index in [9.17, 15) is 0 Å². The number of nitrogens with one attached hydrogen (secondary N) is 1. The van der Waals surface area contributed by atoms with E-state index in [4.69, 9.17) is 9.47 Å². The highest BCUT2D eigenvalue weighted by molar-refractivity contribution is 5.47. The van der Waals surface area contributed by atoms with E-state index >= 15 is 0 Å². The molecule has 124 valence electrons. The minimum Gasteiger partial charge on any atom is -0.494 e. The van der Waals surface area contributed by atoms with Crippen molar-refractivity contribution in [3.8, 4) is 11.5 Å². The SMILES string of the molecule is CCCCCOc1ccc(CNc2ccc(OCC)cc2)cc1. The smallest absolute Gasteiger partial charge is 0.119 e. The Balaban J connectivity index is 1.77. The maximum absolute atomic E-state index is 5.73. The Morgan fingerprint density at radius 1 is 0.783 bits per heavy atom. The first-order chi connectivity index (χ1) is 11.3. The summed E-state index contributed by atoms with van der Waals surface area (Å²) >= 11 is 0. The van der Waals surface area contributed by atoms with Crippen molar-refractivity contribution in [3.63, 3.8) is 0 Å². The fourth-order valence-electron chi connectivity index (χ4n) is 2.29. The summed E-state index contributed by atoms with van der Waals surface area (Å²) in [4.78, 5) is 0. The molecule has 3 heteroatoms. The van der Waals surface area contributed by atoms with Gasteiger partial charge in [-0.25, -0.2) is 0 Å². The molecule has 0 heterocycles. The van der Waals surface area contributed by atoms with Crippen molar-refractivity contribution in [2.24, 2.45) is 0 Å². The van der Waals surface area contributed by atoms with Crippen LogP contribution in [-0.4, -0.2) is 13.2 Å². The van der Waals surface area contributed by atoms with Crippen LogP contribution < -0.4 is 14.8 Å². The Morgan fingerprint density at radius 2 is 1.43 bits per heavy atom. The van der Waals surface area contributed by atoms with Crippen LogP contribution in [0.5, 0.6) is 11.5 Å². The molecule has 0 aromatic heterocycles. The van der Waals surface area contributed by atoms with Gasteiger partial charge in [0.1, 0.15) is 11.5 Å². The molecule has 0 spiro atoms. The molecule has 2 aromatic rings. The lowest BCUT2D eigenvalue weighted by molar-refractivity contribution is 0.306. The van der Waals surface area contributed by atoms with Gasteiger partial charge in [0.25, 0.3) is 0 Å². The second-order valence-electron chi connectivity index (χ2n) is 5.51. The summed E-state index contributed by atoms with van der Waals surface area (Å²) in [6.45, 7) is 6.48. The Bertz CT molecular complexity index is 549. The number of unbranched alkanes of at least 4 members (excludes halogenated alkanes) is 2. The van der Waals surface area contributed by atoms with Crippen LogP contribution >= 0.6 is 0 Å². The quantitative estimate of drug-likeness (QED) is 0.606. The number of hydrogen-bond donors (Lipinski definition) is 1. The molecule has 1 N–H and O–H groups in total. The molecule has 0 bridgehead atoms. The molecule has 0 unspecified atom stereocenters. The first kappa shape index (κ1) is 17.2. The number of hydrogen-bond acceptors (Lipinski definition) is 3. The second-order valence-corrected chi connectivity index (χ2v) is 5.51. The molecule has 2 rings (SSSR count). The van der Waals surface area contributed by atoms with Crippen molar-refractivity contribution in [2.75, 3.05) is 18.5 Å². The molecule has 0 radical (unpaired) electrons. The molecule has 0 amide bonds. The average molecular weight is 313 g/mol.